The second-order valence-corrected chi connectivity index (χ2v) is 7.05. The number of aromatic nitrogens is 1. The summed E-state index contributed by atoms with van der Waals surface area (Å²) in [4.78, 5) is 12.6. The summed E-state index contributed by atoms with van der Waals surface area (Å²) in [6, 6.07) is 10.3. The first-order chi connectivity index (χ1) is 10.6. The first-order valence-corrected chi connectivity index (χ1v) is 8.46. The molecule has 1 aromatic carbocycles. The predicted molar refractivity (Wildman–Crippen MR) is 89.8 cm³/mol. The topological polar surface area (TPSA) is 68.0 Å². The van der Waals surface area contributed by atoms with E-state index in [4.69, 9.17) is 28.9 Å². The maximum Gasteiger partial charge on any atom is 0.264 e. The number of nitrogens with two attached hydrogens (primary N) is 1. The number of rotatable bonds is 4. The standard InChI is InChI=1S/C15H15Cl2N3OS/c16-11-12(22-20-13(11)17)14(21)19-10-6-15(7-10,8-18)9-4-2-1-3-5-9/h1-5,10H,6-8,18H2,(H,19,21). The number of hydrogen-bond donors (Lipinski definition) is 2. The number of halogens is 2. The molecule has 1 heterocycles. The van der Waals surface area contributed by atoms with Crippen molar-refractivity contribution in [1.29, 1.82) is 0 Å². The van der Waals surface area contributed by atoms with Crippen molar-refractivity contribution in [3.8, 4) is 0 Å². The molecule has 1 saturated carbocycles. The van der Waals surface area contributed by atoms with Gasteiger partial charge in [0, 0.05) is 18.0 Å². The van der Waals surface area contributed by atoms with Crippen molar-refractivity contribution in [2.45, 2.75) is 24.3 Å². The molecular weight excluding hydrogens is 341 g/mol. The fourth-order valence-electron chi connectivity index (χ4n) is 2.95. The number of carbonyl (C=O) groups is 1. The summed E-state index contributed by atoms with van der Waals surface area (Å²) in [6.45, 7) is 0.566. The molecule has 1 fully saturated rings. The zero-order chi connectivity index (χ0) is 15.7. The summed E-state index contributed by atoms with van der Waals surface area (Å²) in [5.41, 5.74) is 7.15. The Morgan fingerprint density at radius 1 is 1.36 bits per heavy atom. The van der Waals surface area contributed by atoms with E-state index in [-0.39, 0.29) is 27.5 Å². The zero-order valence-electron chi connectivity index (χ0n) is 11.7. The van der Waals surface area contributed by atoms with Gasteiger partial charge in [-0.2, -0.15) is 4.37 Å². The number of amides is 1. The van der Waals surface area contributed by atoms with Gasteiger partial charge in [0.05, 0.1) is 0 Å². The third-order valence-corrected chi connectivity index (χ3v) is 5.99. The maximum atomic E-state index is 12.2. The van der Waals surface area contributed by atoms with E-state index in [0.29, 0.717) is 11.4 Å². The Morgan fingerprint density at radius 3 is 2.59 bits per heavy atom. The average molecular weight is 356 g/mol. The Kier molecular flexibility index (Phi) is 4.41. The van der Waals surface area contributed by atoms with Gasteiger partial charge in [-0.05, 0) is 29.9 Å². The van der Waals surface area contributed by atoms with Crippen LogP contribution in [0.3, 0.4) is 0 Å². The maximum absolute atomic E-state index is 12.2. The SMILES string of the molecule is NCC1(c2ccccc2)CC(NC(=O)c2snc(Cl)c2Cl)C1. The van der Waals surface area contributed by atoms with Crippen molar-refractivity contribution in [1.82, 2.24) is 9.69 Å². The van der Waals surface area contributed by atoms with Crippen LogP contribution in [0.4, 0.5) is 0 Å². The van der Waals surface area contributed by atoms with Crippen LogP contribution in [0.25, 0.3) is 0 Å². The van der Waals surface area contributed by atoms with Crippen LogP contribution in [0.15, 0.2) is 30.3 Å². The minimum Gasteiger partial charge on any atom is -0.348 e. The summed E-state index contributed by atoms with van der Waals surface area (Å²) in [5, 5.41) is 3.37. The van der Waals surface area contributed by atoms with E-state index in [1.807, 2.05) is 18.2 Å². The van der Waals surface area contributed by atoms with Gasteiger partial charge in [-0.3, -0.25) is 4.79 Å². The second kappa shape index (κ2) is 6.16. The van der Waals surface area contributed by atoms with Gasteiger partial charge in [-0.25, -0.2) is 0 Å². The molecule has 4 nitrogen and oxygen atoms in total. The van der Waals surface area contributed by atoms with Gasteiger partial charge >= 0.3 is 0 Å². The number of carbonyl (C=O) groups excluding carboxylic acids is 1. The molecule has 3 N–H and O–H groups in total. The summed E-state index contributed by atoms with van der Waals surface area (Å²) in [6.07, 6.45) is 1.65. The fraction of sp³-hybridized carbons (Fsp3) is 0.333. The van der Waals surface area contributed by atoms with Crippen LogP contribution in [0.2, 0.25) is 10.2 Å². The third-order valence-electron chi connectivity index (χ3n) is 4.19. The molecule has 0 unspecified atom stereocenters. The molecular formula is C15H15Cl2N3OS. The number of hydrogen-bond acceptors (Lipinski definition) is 4. The van der Waals surface area contributed by atoms with Gasteiger partial charge in [0.25, 0.3) is 5.91 Å². The normalized spacial score (nSPS) is 23.9. The molecule has 1 aliphatic carbocycles. The highest BCUT2D eigenvalue weighted by Crippen LogP contribution is 2.43. The lowest BCUT2D eigenvalue weighted by Crippen LogP contribution is -2.56. The molecule has 0 aliphatic heterocycles. The van der Waals surface area contributed by atoms with Crippen LogP contribution >= 0.6 is 34.7 Å². The van der Waals surface area contributed by atoms with Crippen LogP contribution in [-0.2, 0) is 5.41 Å². The Labute approximate surface area is 142 Å². The molecule has 1 aromatic heterocycles. The van der Waals surface area contributed by atoms with E-state index in [0.717, 1.165) is 24.4 Å². The monoisotopic (exact) mass is 355 g/mol. The quantitative estimate of drug-likeness (QED) is 0.884. The van der Waals surface area contributed by atoms with E-state index < -0.39 is 0 Å². The van der Waals surface area contributed by atoms with Crippen LogP contribution in [0.1, 0.15) is 28.1 Å². The van der Waals surface area contributed by atoms with E-state index in [1.165, 1.54) is 5.56 Å². The second-order valence-electron chi connectivity index (χ2n) is 5.55. The van der Waals surface area contributed by atoms with E-state index in [2.05, 4.69) is 21.8 Å². The minimum absolute atomic E-state index is 0.0473. The highest BCUT2D eigenvalue weighted by molar-refractivity contribution is 7.09. The van der Waals surface area contributed by atoms with Crippen molar-refractivity contribution in [2.24, 2.45) is 5.73 Å². The molecule has 1 aliphatic rings. The summed E-state index contributed by atoms with van der Waals surface area (Å²) in [5.74, 6) is -0.224. The van der Waals surface area contributed by atoms with Crippen molar-refractivity contribution in [3.63, 3.8) is 0 Å². The fourth-order valence-corrected chi connectivity index (χ4v) is 4.07. The van der Waals surface area contributed by atoms with Crippen molar-refractivity contribution < 1.29 is 4.79 Å². The molecule has 22 heavy (non-hydrogen) atoms. The largest absolute Gasteiger partial charge is 0.348 e. The number of nitrogens with one attached hydrogen (secondary N) is 1. The Hall–Kier alpha value is -1.14. The van der Waals surface area contributed by atoms with Crippen molar-refractivity contribution in [2.75, 3.05) is 6.54 Å². The highest BCUT2D eigenvalue weighted by Gasteiger charge is 2.45. The third kappa shape index (κ3) is 2.74. The lowest BCUT2D eigenvalue weighted by atomic mass is 9.61. The Bertz CT molecular complexity index is 683. The predicted octanol–water partition coefficient (Wildman–Crippen LogP) is 3.24. The molecule has 0 bridgehead atoms. The van der Waals surface area contributed by atoms with Crippen molar-refractivity contribution >= 4 is 40.6 Å². The Morgan fingerprint density at radius 2 is 2.05 bits per heavy atom. The van der Waals surface area contributed by atoms with Crippen LogP contribution in [0, 0.1) is 0 Å². The smallest absolute Gasteiger partial charge is 0.264 e. The number of nitrogens with zero attached hydrogens (tertiary/aromatic N) is 1. The van der Waals surface area contributed by atoms with Crippen LogP contribution in [-0.4, -0.2) is 22.9 Å². The molecule has 1 amide bonds. The zero-order valence-corrected chi connectivity index (χ0v) is 14.0. The molecule has 0 radical (unpaired) electrons. The molecule has 0 saturated heterocycles. The highest BCUT2D eigenvalue weighted by atomic mass is 35.5. The van der Waals surface area contributed by atoms with E-state index >= 15 is 0 Å². The minimum atomic E-state index is -0.224. The van der Waals surface area contributed by atoms with Crippen molar-refractivity contribution in [3.05, 3.63) is 50.9 Å². The lowest BCUT2D eigenvalue weighted by molar-refractivity contribution is 0.0871. The van der Waals surface area contributed by atoms with Gasteiger partial charge in [0.1, 0.15) is 9.90 Å². The van der Waals surface area contributed by atoms with Gasteiger partial charge in [0.15, 0.2) is 5.15 Å². The Balaban J connectivity index is 1.66. The molecule has 7 heteroatoms. The van der Waals surface area contributed by atoms with Crippen LogP contribution < -0.4 is 11.1 Å². The van der Waals surface area contributed by atoms with Gasteiger partial charge < -0.3 is 11.1 Å². The summed E-state index contributed by atoms with van der Waals surface area (Å²) < 4.78 is 3.88. The first kappa shape index (κ1) is 15.7. The molecule has 0 atom stereocenters. The van der Waals surface area contributed by atoms with E-state index in [9.17, 15) is 4.79 Å². The molecule has 3 rings (SSSR count). The summed E-state index contributed by atoms with van der Waals surface area (Å²) >= 11 is 12.8. The van der Waals surface area contributed by atoms with Gasteiger partial charge in [-0.1, -0.05) is 53.5 Å². The first-order valence-electron chi connectivity index (χ1n) is 6.93. The number of benzene rings is 1. The van der Waals surface area contributed by atoms with Crippen LogP contribution in [0.5, 0.6) is 0 Å². The molecule has 2 aromatic rings. The molecule has 116 valence electrons. The lowest BCUT2D eigenvalue weighted by Gasteiger charge is -2.47. The summed E-state index contributed by atoms with van der Waals surface area (Å²) in [7, 11) is 0. The average Bonchev–Trinajstić information content (AvgIpc) is 2.83. The van der Waals surface area contributed by atoms with E-state index in [1.54, 1.807) is 0 Å². The van der Waals surface area contributed by atoms with Gasteiger partial charge in [0.2, 0.25) is 0 Å². The molecule has 0 spiro atoms. The van der Waals surface area contributed by atoms with Gasteiger partial charge in [-0.15, -0.1) is 0 Å².